The average molecular weight is 279 g/mol. The number of nitrogens with two attached hydrogens (primary N) is 1. The lowest BCUT2D eigenvalue weighted by atomic mass is 10.0. The Hall–Kier alpha value is -1.95. The summed E-state index contributed by atoms with van der Waals surface area (Å²) in [5, 5.41) is 3.19. The summed E-state index contributed by atoms with van der Waals surface area (Å²) < 4.78 is 13.2. The highest BCUT2D eigenvalue weighted by atomic mass is 19.1. The Bertz CT molecular complexity index is 501. The molecule has 1 aromatic rings. The van der Waals surface area contributed by atoms with Crippen LogP contribution >= 0.6 is 0 Å². The Morgan fingerprint density at radius 1 is 1.45 bits per heavy atom. The molecule has 0 aromatic heterocycles. The lowest BCUT2D eigenvalue weighted by molar-refractivity contribution is -0.119. The third kappa shape index (κ3) is 3.54. The highest BCUT2D eigenvalue weighted by Gasteiger charge is 2.27. The number of benzene rings is 1. The third-order valence-corrected chi connectivity index (χ3v) is 3.37. The zero-order chi connectivity index (χ0) is 14.5. The largest absolute Gasteiger partial charge is 0.368 e. The van der Waals surface area contributed by atoms with Gasteiger partial charge in [0.25, 0.3) is 5.91 Å². The highest BCUT2D eigenvalue weighted by molar-refractivity contribution is 5.96. The molecule has 0 aliphatic carbocycles. The minimum atomic E-state index is -0.569. The van der Waals surface area contributed by atoms with Gasteiger partial charge in [-0.1, -0.05) is 6.07 Å². The molecule has 1 aliphatic rings. The lowest BCUT2D eigenvalue weighted by Crippen LogP contribution is -2.51. The topological polar surface area (TPSA) is 75.4 Å². The van der Waals surface area contributed by atoms with Crippen molar-refractivity contribution in [2.45, 2.75) is 18.9 Å². The van der Waals surface area contributed by atoms with Crippen LogP contribution in [-0.2, 0) is 4.79 Å². The van der Waals surface area contributed by atoms with E-state index in [1.54, 1.807) is 0 Å². The van der Waals surface area contributed by atoms with Gasteiger partial charge in [-0.3, -0.25) is 9.59 Å². The van der Waals surface area contributed by atoms with Crippen molar-refractivity contribution in [1.82, 2.24) is 10.2 Å². The standard InChI is InChI=1S/C14H18FN3O2/c15-11-4-1-3-10(7-11)14(20)18(9-13(16)19)12-5-2-6-17-8-12/h1,3-4,7,12,17H,2,5-6,8-9H2,(H2,16,19). The third-order valence-electron chi connectivity index (χ3n) is 3.37. The quantitative estimate of drug-likeness (QED) is 0.843. The number of carbonyl (C=O) groups excluding carboxylic acids is 2. The van der Waals surface area contributed by atoms with Crippen molar-refractivity contribution in [3.8, 4) is 0 Å². The Morgan fingerprint density at radius 3 is 2.85 bits per heavy atom. The van der Waals surface area contributed by atoms with Crippen LogP contribution in [0.2, 0.25) is 0 Å². The number of halogens is 1. The van der Waals surface area contributed by atoms with Gasteiger partial charge in [-0.25, -0.2) is 4.39 Å². The highest BCUT2D eigenvalue weighted by Crippen LogP contribution is 2.15. The Kier molecular flexibility index (Phi) is 4.68. The molecule has 2 amide bonds. The summed E-state index contributed by atoms with van der Waals surface area (Å²) in [5.74, 6) is -1.41. The zero-order valence-electron chi connectivity index (χ0n) is 11.1. The van der Waals surface area contributed by atoms with Crippen LogP contribution < -0.4 is 11.1 Å². The molecule has 1 atom stereocenters. The van der Waals surface area contributed by atoms with Crippen LogP contribution in [0, 0.1) is 5.82 Å². The molecular formula is C14H18FN3O2. The van der Waals surface area contributed by atoms with E-state index in [1.807, 2.05) is 0 Å². The van der Waals surface area contributed by atoms with Gasteiger partial charge in [0.05, 0.1) is 6.54 Å². The van der Waals surface area contributed by atoms with E-state index in [2.05, 4.69) is 5.32 Å². The smallest absolute Gasteiger partial charge is 0.254 e. The summed E-state index contributed by atoms with van der Waals surface area (Å²) in [4.78, 5) is 25.1. The first-order chi connectivity index (χ1) is 9.58. The van der Waals surface area contributed by atoms with Crippen molar-refractivity contribution in [3.05, 3.63) is 35.6 Å². The van der Waals surface area contributed by atoms with E-state index < -0.39 is 11.7 Å². The normalized spacial score (nSPS) is 18.6. The fourth-order valence-electron chi connectivity index (χ4n) is 2.42. The molecule has 0 radical (unpaired) electrons. The van der Waals surface area contributed by atoms with Crippen LogP contribution in [0.1, 0.15) is 23.2 Å². The van der Waals surface area contributed by atoms with E-state index in [9.17, 15) is 14.0 Å². The summed E-state index contributed by atoms with van der Waals surface area (Å²) in [6, 6.07) is 5.37. The van der Waals surface area contributed by atoms with Gasteiger partial charge in [-0.15, -0.1) is 0 Å². The van der Waals surface area contributed by atoms with Crippen molar-refractivity contribution in [2.24, 2.45) is 5.73 Å². The molecule has 3 N–H and O–H groups in total. The first kappa shape index (κ1) is 14.5. The number of piperidine rings is 1. The molecule has 2 rings (SSSR count). The number of hydrogen-bond acceptors (Lipinski definition) is 3. The van der Waals surface area contributed by atoms with Crippen molar-refractivity contribution in [3.63, 3.8) is 0 Å². The molecule has 1 saturated heterocycles. The van der Waals surface area contributed by atoms with Gasteiger partial charge in [-0.05, 0) is 37.6 Å². The number of carbonyl (C=O) groups is 2. The van der Waals surface area contributed by atoms with Gasteiger partial charge in [0, 0.05) is 18.2 Å². The SMILES string of the molecule is NC(=O)CN(C(=O)c1cccc(F)c1)C1CCCNC1. The van der Waals surface area contributed by atoms with Gasteiger partial charge >= 0.3 is 0 Å². The van der Waals surface area contributed by atoms with Crippen LogP contribution in [0.25, 0.3) is 0 Å². The summed E-state index contributed by atoms with van der Waals surface area (Å²) >= 11 is 0. The van der Waals surface area contributed by atoms with Gasteiger partial charge in [0.15, 0.2) is 0 Å². The second kappa shape index (κ2) is 6.47. The van der Waals surface area contributed by atoms with E-state index in [0.717, 1.165) is 19.4 Å². The van der Waals surface area contributed by atoms with E-state index in [4.69, 9.17) is 5.73 Å². The monoisotopic (exact) mass is 279 g/mol. The molecule has 0 bridgehead atoms. The minimum Gasteiger partial charge on any atom is -0.368 e. The number of rotatable bonds is 4. The maximum atomic E-state index is 13.2. The Labute approximate surface area is 116 Å². The van der Waals surface area contributed by atoms with Gasteiger partial charge in [-0.2, -0.15) is 0 Å². The molecule has 0 saturated carbocycles. The summed E-state index contributed by atoms with van der Waals surface area (Å²) in [7, 11) is 0. The molecule has 1 fully saturated rings. The molecule has 1 aliphatic heterocycles. The molecule has 6 heteroatoms. The minimum absolute atomic E-state index is 0.0907. The summed E-state index contributed by atoms with van der Waals surface area (Å²) in [6.07, 6.45) is 1.73. The number of nitrogens with zero attached hydrogens (tertiary/aromatic N) is 1. The van der Waals surface area contributed by atoms with Crippen LogP contribution in [0.4, 0.5) is 4.39 Å². The number of amides is 2. The first-order valence-corrected chi connectivity index (χ1v) is 6.63. The van der Waals surface area contributed by atoms with Crippen LogP contribution in [0.15, 0.2) is 24.3 Å². The number of primary amides is 1. The predicted octanol–water partition coefficient (Wildman–Crippen LogP) is 0.505. The van der Waals surface area contributed by atoms with E-state index in [0.29, 0.717) is 6.54 Å². The van der Waals surface area contributed by atoms with Crippen molar-refractivity contribution in [2.75, 3.05) is 19.6 Å². The van der Waals surface area contributed by atoms with E-state index in [-0.39, 0.29) is 24.1 Å². The van der Waals surface area contributed by atoms with Gasteiger partial charge in [0.2, 0.25) is 5.91 Å². The van der Waals surface area contributed by atoms with Crippen LogP contribution in [0.5, 0.6) is 0 Å². The Balaban J connectivity index is 2.20. The van der Waals surface area contributed by atoms with Gasteiger partial charge < -0.3 is 16.0 Å². The Morgan fingerprint density at radius 2 is 2.25 bits per heavy atom. The first-order valence-electron chi connectivity index (χ1n) is 6.63. The van der Waals surface area contributed by atoms with Crippen LogP contribution in [0.3, 0.4) is 0 Å². The molecule has 1 heterocycles. The second-order valence-corrected chi connectivity index (χ2v) is 4.91. The molecule has 1 aromatic carbocycles. The van der Waals surface area contributed by atoms with Gasteiger partial charge in [0.1, 0.15) is 5.82 Å². The fraction of sp³-hybridized carbons (Fsp3) is 0.429. The zero-order valence-corrected chi connectivity index (χ0v) is 11.1. The second-order valence-electron chi connectivity index (χ2n) is 4.91. The van der Waals surface area contributed by atoms with E-state index in [1.165, 1.54) is 29.2 Å². The maximum Gasteiger partial charge on any atom is 0.254 e. The average Bonchev–Trinajstić information content (AvgIpc) is 2.45. The van der Waals surface area contributed by atoms with Crippen LogP contribution in [-0.4, -0.2) is 42.4 Å². The lowest BCUT2D eigenvalue weighted by Gasteiger charge is -2.34. The van der Waals surface area contributed by atoms with E-state index >= 15 is 0 Å². The molecule has 20 heavy (non-hydrogen) atoms. The molecule has 5 nitrogen and oxygen atoms in total. The molecule has 1 unspecified atom stereocenters. The summed E-state index contributed by atoms with van der Waals surface area (Å²) in [6.45, 7) is 1.37. The molecule has 0 spiro atoms. The van der Waals surface area contributed by atoms with Crippen molar-refractivity contribution < 1.29 is 14.0 Å². The molecule has 108 valence electrons. The number of hydrogen-bond donors (Lipinski definition) is 2. The fourth-order valence-corrected chi connectivity index (χ4v) is 2.42. The van der Waals surface area contributed by atoms with Crippen molar-refractivity contribution >= 4 is 11.8 Å². The summed E-state index contributed by atoms with van der Waals surface area (Å²) in [5.41, 5.74) is 5.45. The molecular weight excluding hydrogens is 261 g/mol. The predicted molar refractivity (Wildman–Crippen MR) is 72.5 cm³/mol. The van der Waals surface area contributed by atoms with Crippen molar-refractivity contribution in [1.29, 1.82) is 0 Å². The maximum absolute atomic E-state index is 13.2. The number of nitrogens with one attached hydrogen (secondary N) is 1.